The van der Waals surface area contributed by atoms with Crippen LogP contribution in [0.4, 0.5) is 0 Å². The number of benzene rings is 1. The van der Waals surface area contributed by atoms with Crippen molar-refractivity contribution in [3.8, 4) is 0 Å². The largest absolute Gasteiger partial charge is 0.411 e. The molecular formula is C12H14ClNO. The Hall–Kier alpha value is -1.28. The van der Waals surface area contributed by atoms with Gasteiger partial charge in [-0.15, -0.1) is 0 Å². The summed E-state index contributed by atoms with van der Waals surface area (Å²) in [6.45, 7) is 3.95. The van der Waals surface area contributed by atoms with Crippen LogP contribution in [0.3, 0.4) is 0 Å². The Morgan fingerprint density at radius 3 is 2.40 bits per heavy atom. The van der Waals surface area contributed by atoms with Crippen molar-refractivity contribution < 1.29 is 5.21 Å². The van der Waals surface area contributed by atoms with Gasteiger partial charge in [0.15, 0.2) is 0 Å². The molecule has 1 aromatic rings. The summed E-state index contributed by atoms with van der Waals surface area (Å²) < 4.78 is 0. The van der Waals surface area contributed by atoms with Gasteiger partial charge in [0.2, 0.25) is 0 Å². The first-order valence-corrected chi connectivity index (χ1v) is 5.17. The van der Waals surface area contributed by atoms with Crippen molar-refractivity contribution in [1.29, 1.82) is 0 Å². The van der Waals surface area contributed by atoms with Crippen LogP contribution < -0.4 is 0 Å². The van der Waals surface area contributed by atoms with Crippen molar-refractivity contribution >= 4 is 23.4 Å². The summed E-state index contributed by atoms with van der Waals surface area (Å²) >= 11 is 5.76. The van der Waals surface area contributed by atoms with Gasteiger partial charge in [-0.3, -0.25) is 0 Å². The van der Waals surface area contributed by atoms with E-state index in [1.165, 1.54) is 0 Å². The molecule has 1 aromatic carbocycles. The molecule has 1 N–H and O–H groups in total. The monoisotopic (exact) mass is 223 g/mol. The lowest BCUT2D eigenvalue weighted by Crippen LogP contribution is -2.03. The molecule has 0 fully saturated rings. The molecule has 15 heavy (non-hydrogen) atoms. The van der Waals surface area contributed by atoms with Gasteiger partial charge >= 0.3 is 0 Å². The normalized spacial score (nSPS) is 12.7. The third kappa shape index (κ3) is 3.76. The van der Waals surface area contributed by atoms with Crippen molar-refractivity contribution in [3.63, 3.8) is 0 Å². The molecule has 2 nitrogen and oxygen atoms in total. The molecule has 0 aliphatic carbocycles. The maximum absolute atomic E-state index is 8.73. The minimum absolute atomic E-state index is 0.207. The Bertz CT molecular complexity index is 366. The molecular weight excluding hydrogens is 210 g/mol. The van der Waals surface area contributed by atoms with Gasteiger partial charge in [-0.25, -0.2) is 0 Å². The first-order chi connectivity index (χ1) is 7.13. The molecule has 0 aliphatic rings. The maximum Gasteiger partial charge on any atom is 0.0821 e. The zero-order valence-electron chi connectivity index (χ0n) is 8.81. The molecule has 0 amide bonds. The summed E-state index contributed by atoms with van der Waals surface area (Å²) in [5, 5.41) is 12.7. The third-order valence-corrected chi connectivity index (χ3v) is 2.28. The summed E-state index contributed by atoms with van der Waals surface area (Å²) in [6, 6.07) is 7.47. The lowest BCUT2D eigenvalue weighted by atomic mass is 10.1. The van der Waals surface area contributed by atoms with Gasteiger partial charge in [-0.05, 0) is 29.7 Å². The molecule has 0 radical (unpaired) electrons. The summed E-state index contributed by atoms with van der Waals surface area (Å²) in [5.74, 6) is 0.207. The van der Waals surface area contributed by atoms with Crippen LogP contribution in [0.5, 0.6) is 0 Å². The first kappa shape index (κ1) is 11.8. The second-order valence-electron chi connectivity index (χ2n) is 3.56. The van der Waals surface area contributed by atoms with Gasteiger partial charge in [-0.1, -0.05) is 48.8 Å². The number of oxime groups is 1. The van der Waals surface area contributed by atoms with Gasteiger partial charge in [0.05, 0.1) is 5.71 Å². The van der Waals surface area contributed by atoms with Crippen LogP contribution in [-0.2, 0) is 0 Å². The Balaban J connectivity index is 2.77. The number of allylic oxidation sites excluding steroid dienone is 1. The molecule has 0 saturated heterocycles. The van der Waals surface area contributed by atoms with E-state index in [9.17, 15) is 0 Å². The smallest absolute Gasteiger partial charge is 0.0821 e. The zero-order chi connectivity index (χ0) is 11.3. The molecule has 0 aromatic heterocycles. The molecule has 1 rings (SSSR count). The molecule has 80 valence electrons. The fourth-order valence-corrected chi connectivity index (χ4v) is 1.22. The van der Waals surface area contributed by atoms with Gasteiger partial charge < -0.3 is 5.21 Å². The Kier molecular flexibility index (Phi) is 4.37. The van der Waals surface area contributed by atoms with Crippen LogP contribution in [0, 0.1) is 5.92 Å². The minimum atomic E-state index is 0.207. The van der Waals surface area contributed by atoms with E-state index in [1.807, 2.05) is 44.2 Å². The number of hydrogen-bond donors (Lipinski definition) is 1. The van der Waals surface area contributed by atoms with Crippen molar-refractivity contribution in [2.24, 2.45) is 11.1 Å². The Labute approximate surface area is 94.9 Å². The zero-order valence-corrected chi connectivity index (χ0v) is 9.57. The average Bonchev–Trinajstić information content (AvgIpc) is 2.21. The van der Waals surface area contributed by atoms with E-state index < -0.39 is 0 Å². The predicted octanol–water partition coefficient (Wildman–Crippen LogP) is 3.84. The average molecular weight is 224 g/mol. The van der Waals surface area contributed by atoms with E-state index in [2.05, 4.69) is 5.16 Å². The molecule has 0 heterocycles. The van der Waals surface area contributed by atoms with Crippen molar-refractivity contribution in [1.82, 2.24) is 0 Å². The Morgan fingerprint density at radius 2 is 1.93 bits per heavy atom. The number of halogens is 1. The molecule has 0 aliphatic heterocycles. The van der Waals surface area contributed by atoms with E-state index in [4.69, 9.17) is 16.8 Å². The van der Waals surface area contributed by atoms with Crippen molar-refractivity contribution in [3.05, 3.63) is 40.9 Å². The highest BCUT2D eigenvalue weighted by molar-refractivity contribution is 6.30. The van der Waals surface area contributed by atoms with Crippen molar-refractivity contribution in [2.75, 3.05) is 0 Å². The first-order valence-electron chi connectivity index (χ1n) is 4.79. The lowest BCUT2D eigenvalue weighted by molar-refractivity contribution is 0.316. The van der Waals surface area contributed by atoms with E-state index in [-0.39, 0.29) is 5.92 Å². The minimum Gasteiger partial charge on any atom is -0.411 e. The van der Waals surface area contributed by atoms with E-state index in [0.717, 1.165) is 5.56 Å². The fraction of sp³-hybridized carbons (Fsp3) is 0.250. The van der Waals surface area contributed by atoms with Crippen molar-refractivity contribution in [2.45, 2.75) is 13.8 Å². The van der Waals surface area contributed by atoms with Crippen LogP contribution in [-0.4, -0.2) is 10.9 Å². The second kappa shape index (κ2) is 5.56. The van der Waals surface area contributed by atoms with Crippen LogP contribution in [0.1, 0.15) is 19.4 Å². The third-order valence-electron chi connectivity index (χ3n) is 2.02. The van der Waals surface area contributed by atoms with Crippen LogP contribution in [0.2, 0.25) is 5.02 Å². The number of hydrogen-bond acceptors (Lipinski definition) is 2. The highest BCUT2D eigenvalue weighted by atomic mass is 35.5. The van der Waals surface area contributed by atoms with Crippen LogP contribution >= 0.6 is 11.6 Å². The summed E-state index contributed by atoms with van der Waals surface area (Å²) in [5.41, 5.74) is 1.69. The highest BCUT2D eigenvalue weighted by Gasteiger charge is 2.00. The van der Waals surface area contributed by atoms with E-state index in [0.29, 0.717) is 10.7 Å². The lowest BCUT2D eigenvalue weighted by Gasteiger charge is -2.01. The standard InChI is InChI=1S/C12H14ClNO/c1-9(2)12(14-15)8-5-10-3-6-11(13)7-4-10/h3-9,15H,1-2H3. The van der Waals surface area contributed by atoms with Crippen LogP contribution in [0.15, 0.2) is 35.5 Å². The summed E-state index contributed by atoms with van der Waals surface area (Å²) in [6.07, 6.45) is 3.69. The maximum atomic E-state index is 8.73. The van der Waals surface area contributed by atoms with E-state index >= 15 is 0 Å². The van der Waals surface area contributed by atoms with Gasteiger partial charge in [0.25, 0.3) is 0 Å². The Morgan fingerprint density at radius 1 is 1.33 bits per heavy atom. The van der Waals surface area contributed by atoms with Gasteiger partial charge in [-0.2, -0.15) is 0 Å². The molecule has 0 atom stereocenters. The molecule has 0 saturated carbocycles. The van der Waals surface area contributed by atoms with Crippen LogP contribution in [0.25, 0.3) is 6.08 Å². The topological polar surface area (TPSA) is 32.6 Å². The summed E-state index contributed by atoms with van der Waals surface area (Å²) in [4.78, 5) is 0. The van der Waals surface area contributed by atoms with E-state index in [1.54, 1.807) is 6.08 Å². The second-order valence-corrected chi connectivity index (χ2v) is 4.00. The SMILES string of the molecule is CC(C)C(C=Cc1ccc(Cl)cc1)=NO. The number of nitrogens with zero attached hydrogens (tertiary/aromatic N) is 1. The summed E-state index contributed by atoms with van der Waals surface area (Å²) in [7, 11) is 0. The number of rotatable bonds is 3. The van der Waals surface area contributed by atoms with Gasteiger partial charge in [0, 0.05) is 5.02 Å². The predicted molar refractivity (Wildman–Crippen MR) is 64.5 cm³/mol. The molecule has 0 spiro atoms. The fourth-order valence-electron chi connectivity index (χ4n) is 1.10. The quantitative estimate of drug-likeness (QED) is 0.471. The van der Waals surface area contributed by atoms with Gasteiger partial charge in [0.1, 0.15) is 0 Å². The molecule has 0 bridgehead atoms. The molecule has 3 heteroatoms. The molecule has 0 unspecified atom stereocenters. The highest BCUT2D eigenvalue weighted by Crippen LogP contribution is 2.11.